The zero-order valence-corrected chi connectivity index (χ0v) is 10.6. The summed E-state index contributed by atoms with van der Waals surface area (Å²) in [6.07, 6.45) is 1.75. The molecule has 2 rings (SSSR count). The van der Waals surface area contributed by atoms with Gasteiger partial charge in [-0.15, -0.1) is 0 Å². The topological polar surface area (TPSA) is 41.9 Å². The number of carbonyl (C=O) groups excluding carboxylic acids is 1. The van der Waals surface area contributed by atoms with Gasteiger partial charge in [-0.05, 0) is 26.0 Å². The number of rotatable bonds is 4. The number of nitrogens with zero attached hydrogens (tertiary/aromatic N) is 2. The first-order valence-electron chi connectivity index (χ1n) is 6.06. The third-order valence-corrected chi connectivity index (χ3v) is 2.76. The summed E-state index contributed by atoms with van der Waals surface area (Å²) < 4.78 is 5.17. The Bertz CT molecular complexity index is 488. The molecule has 0 bridgehead atoms. The zero-order chi connectivity index (χ0) is 13.0. The quantitative estimate of drug-likeness (QED) is 0.602. The summed E-state index contributed by atoms with van der Waals surface area (Å²) in [5.74, 6) is -0.0141. The Morgan fingerprint density at radius 3 is 2.50 bits per heavy atom. The van der Waals surface area contributed by atoms with Crippen molar-refractivity contribution in [3.63, 3.8) is 0 Å². The minimum Gasteiger partial charge on any atom is -0.402 e. The maximum atomic E-state index is 11.7. The number of benzene rings is 1. The molecule has 0 amide bonds. The summed E-state index contributed by atoms with van der Waals surface area (Å²) >= 11 is 0. The first kappa shape index (κ1) is 12.4. The molecule has 0 atom stereocenters. The van der Waals surface area contributed by atoms with Gasteiger partial charge in [0.1, 0.15) is 0 Å². The molecule has 0 aliphatic carbocycles. The van der Waals surface area contributed by atoms with Gasteiger partial charge in [0.2, 0.25) is 5.90 Å². The van der Waals surface area contributed by atoms with E-state index in [2.05, 4.69) is 4.99 Å². The lowest BCUT2D eigenvalue weighted by molar-refractivity contribution is -0.130. The molecule has 1 aromatic rings. The molecule has 4 nitrogen and oxygen atoms in total. The molecular formula is C14H16N2O2. The first-order chi connectivity index (χ1) is 8.74. The van der Waals surface area contributed by atoms with E-state index in [1.54, 1.807) is 6.20 Å². The molecule has 1 aromatic carbocycles. The van der Waals surface area contributed by atoms with E-state index in [1.807, 2.05) is 49.1 Å². The highest BCUT2D eigenvalue weighted by Crippen LogP contribution is 2.16. The van der Waals surface area contributed by atoms with Crippen molar-refractivity contribution in [2.24, 2.45) is 4.99 Å². The Balaban J connectivity index is 2.25. The lowest BCUT2D eigenvalue weighted by Gasteiger charge is -2.14. The fourth-order valence-electron chi connectivity index (χ4n) is 1.68. The molecule has 0 aromatic heterocycles. The number of ether oxygens (including phenoxy) is 1. The van der Waals surface area contributed by atoms with Gasteiger partial charge >= 0.3 is 5.97 Å². The number of hydrogen-bond acceptors (Lipinski definition) is 4. The molecule has 4 heteroatoms. The molecular weight excluding hydrogens is 228 g/mol. The third kappa shape index (κ3) is 2.59. The number of esters is 1. The van der Waals surface area contributed by atoms with Crippen LogP contribution in [-0.4, -0.2) is 29.9 Å². The molecule has 1 heterocycles. The number of hydrogen-bond donors (Lipinski definition) is 0. The van der Waals surface area contributed by atoms with E-state index in [4.69, 9.17) is 4.74 Å². The highest BCUT2D eigenvalue weighted by Gasteiger charge is 2.24. The number of cyclic esters (lactones) is 1. The molecule has 0 radical (unpaired) electrons. The van der Waals surface area contributed by atoms with E-state index < -0.39 is 0 Å². The van der Waals surface area contributed by atoms with E-state index in [1.165, 1.54) is 0 Å². The SMILES string of the molecule is CCN(/C=C1/N=C(c2ccccc2)OC1=O)CC. The average Bonchev–Trinajstić information content (AvgIpc) is 2.78. The molecule has 0 saturated carbocycles. The van der Waals surface area contributed by atoms with E-state index in [9.17, 15) is 4.79 Å². The van der Waals surface area contributed by atoms with Gasteiger partial charge in [0.05, 0.1) is 0 Å². The van der Waals surface area contributed by atoms with Crippen LogP contribution < -0.4 is 0 Å². The highest BCUT2D eigenvalue weighted by molar-refractivity contribution is 6.11. The predicted octanol–water partition coefficient (Wildman–Crippen LogP) is 2.17. The molecule has 94 valence electrons. The Kier molecular flexibility index (Phi) is 3.77. The van der Waals surface area contributed by atoms with Crippen molar-refractivity contribution < 1.29 is 9.53 Å². The van der Waals surface area contributed by atoms with Crippen molar-refractivity contribution in [2.45, 2.75) is 13.8 Å². The van der Waals surface area contributed by atoms with Gasteiger partial charge in [-0.3, -0.25) is 0 Å². The summed E-state index contributed by atoms with van der Waals surface area (Å²) in [5, 5.41) is 0. The molecule has 1 aliphatic heterocycles. The van der Waals surface area contributed by atoms with Gasteiger partial charge in [-0.25, -0.2) is 9.79 Å². The average molecular weight is 244 g/mol. The summed E-state index contributed by atoms with van der Waals surface area (Å²) in [4.78, 5) is 17.9. The number of aliphatic imine (C=N–C) groups is 1. The maximum absolute atomic E-state index is 11.7. The van der Waals surface area contributed by atoms with E-state index >= 15 is 0 Å². The molecule has 0 spiro atoms. The van der Waals surface area contributed by atoms with Gasteiger partial charge in [-0.1, -0.05) is 18.2 Å². The summed E-state index contributed by atoms with van der Waals surface area (Å²) in [6, 6.07) is 9.42. The minimum atomic E-state index is -0.388. The minimum absolute atomic E-state index is 0.359. The van der Waals surface area contributed by atoms with Crippen LogP contribution in [0.4, 0.5) is 0 Å². The normalized spacial score (nSPS) is 16.7. The van der Waals surface area contributed by atoms with E-state index in [0.717, 1.165) is 18.7 Å². The fourth-order valence-corrected chi connectivity index (χ4v) is 1.68. The Morgan fingerprint density at radius 2 is 1.89 bits per heavy atom. The van der Waals surface area contributed by atoms with E-state index in [-0.39, 0.29) is 5.97 Å². The molecule has 18 heavy (non-hydrogen) atoms. The Hall–Kier alpha value is -2.10. The van der Waals surface area contributed by atoms with Gasteiger partial charge < -0.3 is 9.64 Å². The molecule has 0 saturated heterocycles. The van der Waals surface area contributed by atoms with Crippen LogP contribution in [0.15, 0.2) is 47.2 Å². The van der Waals surface area contributed by atoms with Crippen molar-refractivity contribution >= 4 is 11.9 Å². The Labute approximate surface area is 107 Å². The molecule has 0 N–H and O–H groups in total. The number of carbonyl (C=O) groups is 1. The van der Waals surface area contributed by atoms with Crippen LogP contribution in [0.2, 0.25) is 0 Å². The summed E-state index contributed by atoms with van der Waals surface area (Å²) in [5.41, 5.74) is 1.17. The monoisotopic (exact) mass is 244 g/mol. The van der Waals surface area contributed by atoms with Crippen LogP contribution >= 0.6 is 0 Å². The fraction of sp³-hybridized carbons (Fsp3) is 0.286. The third-order valence-electron chi connectivity index (χ3n) is 2.76. The second kappa shape index (κ2) is 5.49. The van der Waals surface area contributed by atoms with Crippen LogP contribution in [0.5, 0.6) is 0 Å². The predicted molar refractivity (Wildman–Crippen MR) is 70.1 cm³/mol. The van der Waals surface area contributed by atoms with Crippen molar-refractivity contribution in [1.82, 2.24) is 4.90 Å². The second-order valence-electron chi connectivity index (χ2n) is 3.91. The van der Waals surface area contributed by atoms with Gasteiger partial charge in [0.25, 0.3) is 0 Å². The van der Waals surface area contributed by atoms with Crippen LogP contribution in [0.1, 0.15) is 19.4 Å². The van der Waals surface area contributed by atoms with Crippen molar-refractivity contribution in [2.75, 3.05) is 13.1 Å². The van der Waals surface area contributed by atoms with Crippen LogP contribution in [0.3, 0.4) is 0 Å². The van der Waals surface area contributed by atoms with Gasteiger partial charge in [0, 0.05) is 24.9 Å². The van der Waals surface area contributed by atoms with Crippen LogP contribution in [0, 0.1) is 0 Å². The molecule has 0 unspecified atom stereocenters. The highest BCUT2D eigenvalue weighted by atomic mass is 16.6. The largest absolute Gasteiger partial charge is 0.402 e. The van der Waals surface area contributed by atoms with Gasteiger partial charge in [0.15, 0.2) is 5.70 Å². The van der Waals surface area contributed by atoms with Gasteiger partial charge in [-0.2, -0.15) is 0 Å². The first-order valence-corrected chi connectivity index (χ1v) is 6.06. The van der Waals surface area contributed by atoms with Crippen LogP contribution in [-0.2, 0) is 9.53 Å². The van der Waals surface area contributed by atoms with Crippen molar-refractivity contribution in [1.29, 1.82) is 0 Å². The van der Waals surface area contributed by atoms with E-state index in [0.29, 0.717) is 11.6 Å². The maximum Gasteiger partial charge on any atom is 0.365 e. The summed E-state index contributed by atoms with van der Waals surface area (Å²) in [6.45, 7) is 5.73. The second-order valence-corrected chi connectivity index (χ2v) is 3.91. The standard InChI is InChI=1S/C14H16N2O2/c1-3-16(4-2)10-12-14(17)18-13(15-12)11-8-6-5-7-9-11/h5-10H,3-4H2,1-2H3/b12-10+. The lowest BCUT2D eigenvalue weighted by atomic mass is 10.2. The van der Waals surface area contributed by atoms with Crippen molar-refractivity contribution in [3.05, 3.63) is 47.8 Å². The smallest absolute Gasteiger partial charge is 0.365 e. The Morgan fingerprint density at radius 1 is 1.22 bits per heavy atom. The van der Waals surface area contributed by atoms with Crippen molar-refractivity contribution in [3.8, 4) is 0 Å². The van der Waals surface area contributed by atoms with Crippen LogP contribution in [0.25, 0.3) is 0 Å². The lowest BCUT2D eigenvalue weighted by Crippen LogP contribution is -2.17. The zero-order valence-electron chi connectivity index (χ0n) is 10.6. The summed E-state index contributed by atoms with van der Waals surface area (Å²) in [7, 11) is 0. The molecule has 0 fully saturated rings. The molecule has 1 aliphatic rings.